The van der Waals surface area contributed by atoms with Crippen molar-refractivity contribution in [3.05, 3.63) is 33.7 Å². The Morgan fingerprint density at radius 1 is 1.29 bits per heavy atom. The molecule has 2 aromatic rings. The number of aromatic nitrogens is 2. The summed E-state index contributed by atoms with van der Waals surface area (Å²) >= 11 is 3.53. The second-order valence-electron chi connectivity index (χ2n) is 6.81. The van der Waals surface area contributed by atoms with Crippen LogP contribution in [-0.4, -0.2) is 21.3 Å². The molecule has 0 spiro atoms. The third kappa shape index (κ3) is 3.66. The molecule has 1 aliphatic carbocycles. The van der Waals surface area contributed by atoms with Crippen LogP contribution in [0.3, 0.4) is 0 Å². The molecular weight excluding hydrogens is 366 g/mol. The van der Waals surface area contributed by atoms with Crippen molar-refractivity contribution in [2.75, 3.05) is 0 Å². The van der Waals surface area contributed by atoms with Crippen molar-refractivity contribution in [3.8, 4) is 0 Å². The first-order chi connectivity index (χ1) is 11.6. The van der Waals surface area contributed by atoms with E-state index in [9.17, 15) is 4.79 Å². The number of fused-ring (bicyclic) bond motifs is 1. The fourth-order valence-corrected chi connectivity index (χ4v) is 4.20. The molecule has 1 saturated carbocycles. The van der Waals surface area contributed by atoms with E-state index in [-0.39, 0.29) is 5.91 Å². The van der Waals surface area contributed by atoms with Gasteiger partial charge in [0.15, 0.2) is 0 Å². The van der Waals surface area contributed by atoms with Crippen molar-refractivity contribution in [2.24, 2.45) is 0 Å². The van der Waals surface area contributed by atoms with Gasteiger partial charge in [0.25, 0.3) is 5.91 Å². The number of amides is 1. The fraction of sp³-hybridized carbons (Fsp3) is 0.579. The molecule has 1 N–H and O–H groups in total. The lowest BCUT2D eigenvalue weighted by Crippen LogP contribution is -2.36. The summed E-state index contributed by atoms with van der Waals surface area (Å²) < 4.78 is 2.91. The zero-order chi connectivity index (χ0) is 17.1. The number of pyridine rings is 1. The summed E-state index contributed by atoms with van der Waals surface area (Å²) in [7, 11) is 0. The number of hydrogen-bond donors (Lipinski definition) is 1. The normalized spacial score (nSPS) is 16.8. The summed E-state index contributed by atoms with van der Waals surface area (Å²) in [6.45, 7) is 4.09. The summed E-state index contributed by atoms with van der Waals surface area (Å²) in [5.41, 5.74) is 3.51. The van der Waals surface area contributed by atoms with Gasteiger partial charge in [-0.3, -0.25) is 9.20 Å². The maximum Gasteiger partial charge on any atom is 0.270 e. The summed E-state index contributed by atoms with van der Waals surface area (Å²) in [4.78, 5) is 17.7. The monoisotopic (exact) mass is 391 g/mol. The molecule has 1 amide bonds. The Labute approximate surface area is 152 Å². The van der Waals surface area contributed by atoms with Gasteiger partial charge in [0.2, 0.25) is 0 Å². The minimum atomic E-state index is 0.0161. The van der Waals surface area contributed by atoms with Crippen molar-refractivity contribution in [1.29, 1.82) is 0 Å². The Hall–Kier alpha value is -1.36. The smallest absolute Gasteiger partial charge is 0.270 e. The molecule has 1 aliphatic rings. The van der Waals surface area contributed by atoms with Crippen LogP contribution in [0.1, 0.15) is 73.6 Å². The largest absolute Gasteiger partial charge is 0.348 e. The van der Waals surface area contributed by atoms with Gasteiger partial charge in [-0.25, -0.2) is 4.98 Å². The molecule has 0 atom stereocenters. The number of nitrogens with one attached hydrogen (secondary N) is 1. The van der Waals surface area contributed by atoms with Crippen molar-refractivity contribution >= 4 is 27.5 Å². The zero-order valence-corrected chi connectivity index (χ0v) is 16.2. The molecule has 4 nitrogen and oxygen atoms in total. The predicted molar refractivity (Wildman–Crippen MR) is 101 cm³/mol. The lowest BCUT2D eigenvalue weighted by molar-refractivity contribution is 0.0923. The second-order valence-corrected chi connectivity index (χ2v) is 7.73. The van der Waals surface area contributed by atoms with Gasteiger partial charge in [-0.15, -0.1) is 0 Å². The molecule has 24 heavy (non-hydrogen) atoms. The SMILES string of the molecule is CCc1nc2c(C)cc(Br)cn2c1C(=O)NC1CCCCCCC1. The number of rotatable bonds is 3. The van der Waals surface area contributed by atoms with E-state index in [0.29, 0.717) is 11.7 Å². The average molecular weight is 392 g/mol. The van der Waals surface area contributed by atoms with Gasteiger partial charge in [0.05, 0.1) is 5.69 Å². The maximum atomic E-state index is 13.0. The summed E-state index contributed by atoms with van der Waals surface area (Å²) in [6.07, 6.45) is 11.2. The first-order valence-electron chi connectivity index (χ1n) is 9.08. The lowest BCUT2D eigenvalue weighted by atomic mass is 9.96. The predicted octanol–water partition coefficient (Wildman–Crippen LogP) is 4.81. The number of carbonyl (C=O) groups excluding carboxylic acids is 1. The third-order valence-electron chi connectivity index (χ3n) is 4.93. The Bertz CT molecular complexity index is 730. The van der Waals surface area contributed by atoms with Crippen LogP contribution in [-0.2, 0) is 6.42 Å². The molecule has 2 heterocycles. The molecule has 1 fully saturated rings. The highest BCUT2D eigenvalue weighted by Crippen LogP contribution is 2.22. The molecule has 5 heteroatoms. The Kier molecular flexibility index (Phi) is 5.59. The van der Waals surface area contributed by atoms with Crippen molar-refractivity contribution < 1.29 is 4.79 Å². The van der Waals surface area contributed by atoms with Gasteiger partial charge in [-0.1, -0.05) is 39.0 Å². The van der Waals surface area contributed by atoms with E-state index in [1.807, 2.05) is 23.6 Å². The molecule has 130 valence electrons. The molecule has 3 rings (SSSR count). The van der Waals surface area contributed by atoms with E-state index < -0.39 is 0 Å². The number of aryl methyl sites for hydroxylation is 2. The van der Waals surface area contributed by atoms with E-state index >= 15 is 0 Å². The molecular formula is C19H26BrN3O. The topological polar surface area (TPSA) is 46.4 Å². The summed E-state index contributed by atoms with van der Waals surface area (Å²) in [6, 6.07) is 2.33. The van der Waals surface area contributed by atoms with Crippen LogP contribution >= 0.6 is 15.9 Å². The Morgan fingerprint density at radius 3 is 2.62 bits per heavy atom. The van der Waals surface area contributed by atoms with E-state index in [4.69, 9.17) is 4.98 Å². The number of carbonyl (C=O) groups is 1. The quantitative estimate of drug-likeness (QED) is 0.815. The van der Waals surface area contributed by atoms with E-state index in [1.54, 1.807) is 0 Å². The molecule has 0 aromatic carbocycles. The minimum Gasteiger partial charge on any atom is -0.348 e. The molecule has 2 aromatic heterocycles. The Morgan fingerprint density at radius 2 is 1.96 bits per heavy atom. The molecule has 0 aliphatic heterocycles. The van der Waals surface area contributed by atoms with Crippen LogP contribution in [0.4, 0.5) is 0 Å². The average Bonchev–Trinajstić information content (AvgIpc) is 2.88. The molecule has 0 unspecified atom stereocenters. The van der Waals surface area contributed by atoms with Crippen molar-refractivity contribution in [2.45, 2.75) is 71.3 Å². The molecule has 0 radical (unpaired) electrons. The standard InChI is InChI=1S/C19H26BrN3O/c1-3-16-17(23-12-14(20)11-13(2)18(23)22-16)19(24)21-15-9-7-5-4-6-8-10-15/h11-12,15H,3-10H2,1-2H3,(H,21,24). The summed E-state index contributed by atoms with van der Waals surface area (Å²) in [5, 5.41) is 3.28. The van der Waals surface area contributed by atoms with Crippen LogP contribution in [0.2, 0.25) is 0 Å². The maximum absolute atomic E-state index is 13.0. The lowest BCUT2D eigenvalue weighted by Gasteiger charge is -2.21. The highest BCUT2D eigenvalue weighted by atomic mass is 79.9. The van der Waals surface area contributed by atoms with Crippen LogP contribution < -0.4 is 5.32 Å². The fourth-order valence-electron chi connectivity index (χ4n) is 3.66. The highest BCUT2D eigenvalue weighted by Gasteiger charge is 2.22. The van der Waals surface area contributed by atoms with Gasteiger partial charge in [0.1, 0.15) is 11.3 Å². The molecule has 0 saturated heterocycles. The Balaban J connectivity index is 1.90. The third-order valence-corrected chi connectivity index (χ3v) is 5.37. The van der Waals surface area contributed by atoms with Gasteiger partial charge < -0.3 is 5.32 Å². The zero-order valence-electron chi connectivity index (χ0n) is 14.6. The first-order valence-corrected chi connectivity index (χ1v) is 9.87. The van der Waals surface area contributed by atoms with Gasteiger partial charge >= 0.3 is 0 Å². The highest BCUT2D eigenvalue weighted by molar-refractivity contribution is 9.10. The molecule has 0 bridgehead atoms. The summed E-state index contributed by atoms with van der Waals surface area (Å²) in [5.74, 6) is 0.0161. The van der Waals surface area contributed by atoms with E-state index in [2.05, 4.69) is 28.2 Å². The van der Waals surface area contributed by atoms with Crippen LogP contribution in [0, 0.1) is 6.92 Å². The van der Waals surface area contributed by atoms with Gasteiger partial charge in [-0.05, 0) is 53.7 Å². The van der Waals surface area contributed by atoms with Crippen molar-refractivity contribution in [3.63, 3.8) is 0 Å². The number of halogens is 1. The number of nitrogens with zero attached hydrogens (tertiary/aromatic N) is 2. The number of imidazole rings is 1. The second kappa shape index (κ2) is 7.68. The van der Waals surface area contributed by atoms with Crippen LogP contribution in [0.15, 0.2) is 16.7 Å². The van der Waals surface area contributed by atoms with Gasteiger partial charge in [0, 0.05) is 16.7 Å². The van der Waals surface area contributed by atoms with Crippen LogP contribution in [0.5, 0.6) is 0 Å². The van der Waals surface area contributed by atoms with E-state index in [0.717, 1.165) is 40.6 Å². The van der Waals surface area contributed by atoms with Gasteiger partial charge in [-0.2, -0.15) is 0 Å². The van der Waals surface area contributed by atoms with E-state index in [1.165, 1.54) is 32.1 Å². The minimum absolute atomic E-state index is 0.0161. The van der Waals surface area contributed by atoms with Crippen molar-refractivity contribution in [1.82, 2.24) is 14.7 Å². The number of hydrogen-bond acceptors (Lipinski definition) is 2. The van der Waals surface area contributed by atoms with Crippen LogP contribution in [0.25, 0.3) is 5.65 Å². The first kappa shape index (κ1) is 17.5.